The molecule has 1 aromatic heterocycles. The highest BCUT2D eigenvalue weighted by molar-refractivity contribution is 6.99. The summed E-state index contributed by atoms with van der Waals surface area (Å²) in [6.45, 7) is 11.1. The van der Waals surface area contributed by atoms with E-state index in [1.807, 2.05) is 36.4 Å². The summed E-state index contributed by atoms with van der Waals surface area (Å²) < 4.78 is 7.39. The van der Waals surface area contributed by atoms with E-state index in [4.69, 9.17) is 32.6 Å². The first kappa shape index (κ1) is 30.8. The predicted molar refractivity (Wildman–Crippen MR) is 190 cm³/mol. The van der Waals surface area contributed by atoms with E-state index < -0.39 is 8.32 Å². The zero-order chi connectivity index (χ0) is 30.7. The van der Waals surface area contributed by atoms with E-state index in [9.17, 15) is 0 Å². The number of aromatic nitrogens is 1. The van der Waals surface area contributed by atoms with Crippen molar-refractivity contribution in [2.24, 2.45) is 0 Å². The second-order valence-electron chi connectivity index (χ2n) is 12.4. The molecule has 1 fully saturated rings. The second-order valence-corrected chi connectivity index (χ2v) is 17.6. The fourth-order valence-corrected chi connectivity index (χ4v) is 11.6. The van der Waals surface area contributed by atoms with Gasteiger partial charge in [-0.25, -0.2) is 4.98 Å². The van der Waals surface area contributed by atoms with Gasteiger partial charge >= 0.3 is 0 Å². The minimum Gasteiger partial charge on any atom is -0.407 e. The quantitative estimate of drug-likeness (QED) is 0.176. The molecule has 0 saturated carbocycles. The third kappa shape index (κ3) is 5.92. The van der Waals surface area contributed by atoms with Gasteiger partial charge in [0, 0.05) is 59.3 Å². The highest BCUT2D eigenvalue weighted by Gasteiger charge is 2.50. The molecule has 0 unspecified atom stereocenters. The van der Waals surface area contributed by atoms with E-state index in [0.717, 1.165) is 59.6 Å². The van der Waals surface area contributed by atoms with Gasteiger partial charge in [0.05, 0.1) is 5.52 Å². The highest BCUT2D eigenvalue weighted by Crippen LogP contribution is 2.42. The second kappa shape index (κ2) is 13.0. The molecule has 4 nitrogen and oxygen atoms in total. The van der Waals surface area contributed by atoms with Crippen LogP contribution in [0, 0.1) is 0 Å². The Morgan fingerprint density at radius 3 is 2.05 bits per heavy atom. The molecule has 1 saturated heterocycles. The molecule has 4 aromatic carbocycles. The number of hydrogen-bond acceptors (Lipinski definition) is 4. The number of anilines is 1. The number of benzene rings is 4. The van der Waals surface area contributed by atoms with Gasteiger partial charge < -0.3 is 14.6 Å². The largest absolute Gasteiger partial charge is 0.407 e. The van der Waals surface area contributed by atoms with Crippen LogP contribution in [0.1, 0.15) is 26.3 Å². The standard InChI is InChI=1S/C37H39Cl2N3OSi/c1-37(2,3)44(28-12-6-4-7-13-28,29-14-8-5-9-15-29)43-25-20-31-35(30-16-10-11-17-33(30)39)32-26-27(38)18-19-34(32)41-36(31)42-23-21-40-22-24-42/h4-19,26,40H,20-25H2,1-3H3. The molecule has 44 heavy (non-hydrogen) atoms. The molecule has 0 spiro atoms. The average molecular weight is 641 g/mol. The van der Waals surface area contributed by atoms with Crippen molar-refractivity contribution >= 4 is 58.6 Å². The molecular weight excluding hydrogens is 601 g/mol. The van der Waals surface area contributed by atoms with Crippen LogP contribution in [0.15, 0.2) is 103 Å². The molecule has 1 N–H and O–H groups in total. The smallest absolute Gasteiger partial charge is 0.261 e. The van der Waals surface area contributed by atoms with Crippen LogP contribution in [-0.2, 0) is 10.8 Å². The summed E-state index contributed by atoms with van der Waals surface area (Å²) in [4.78, 5) is 7.69. The molecule has 7 heteroatoms. The van der Waals surface area contributed by atoms with Gasteiger partial charge in [0.15, 0.2) is 0 Å². The summed E-state index contributed by atoms with van der Waals surface area (Å²) in [5.74, 6) is 1.00. The fourth-order valence-electron chi connectivity index (χ4n) is 6.68. The number of fused-ring (bicyclic) bond motifs is 1. The van der Waals surface area contributed by atoms with Crippen LogP contribution in [0.4, 0.5) is 5.82 Å². The number of rotatable bonds is 8. The maximum atomic E-state index is 7.39. The first-order chi connectivity index (χ1) is 21.3. The minimum atomic E-state index is -2.72. The van der Waals surface area contributed by atoms with Gasteiger partial charge in [-0.1, -0.05) is 123 Å². The number of pyridine rings is 1. The lowest BCUT2D eigenvalue weighted by atomic mass is 9.93. The summed E-state index contributed by atoms with van der Waals surface area (Å²) in [6, 6.07) is 35.7. The molecule has 0 bridgehead atoms. The van der Waals surface area contributed by atoms with Crippen LogP contribution in [0.2, 0.25) is 15.1 Å². The van der Waals surface area contributed by atoms with Gasteiger partial charge in [0.2, 0.25) is 0 Å². The zero-order valence-corrected chi connectivity index (χ0v) is 28.1. The molecule has 0 aliphatic carbocycles. The summed E-state index contributed by atoms with van der Waals surface area (Å²) in [6.07, 6.45) is 0.680. The number of nitrogens with one attached hydrogen (secondary N) is 1. The Hall–Kier alpha value is -3.19. The van der Waals surface area contributed by atoms with E-state index in [-0.39, 0.29) is 5.04 Å². The highest BCUT2D eigenvalue weighted by atomic mass is 35.5. The molecule has 1 aliphatic rings. The van der Waals surface area contributed by atoms with Crippen LogP contribution in [0.3, 0.4) is 0 Å². The molecule has 6 rings (SSSR count). The van der Waals surface area contributed by atoms with Crippen molar-refractivity contribution in [3.8, 4) is 11.1 Å². The molecule has 226 valence electrons. The zero-order valence-electron chi connectivity index (χ0n) is 25.6. The maximum absolute atomic E-state index is 7.39. The van der Waals surface area contributed by atoms with Crippen molar-refractivity contribution in [3.63, 3.8) is 0 Å². The first-order valence-corrected chi connectivity index (χ1v) is 18.0. The Morgan fingerprint density at radius 1 is 0.818 bits per heavy atom. The van der Waals surface area contributed by atoms with E-state index in [1.54, 1.807) is 0 Å². The maximum Gasteiger partial charge on any atom is 0.261 e. The first-order valence-electron chi connectivity index (χ1n) is 15.4. The normalized spacial score (nSPS) is 14.2. The van der Waals surface area contributed by atoms with Gasteiger partial charge in [-0.15, -0.1) is 0 Å². The number of nitrogens with zero attached hydrogens (tertiary/aromatic N) is 2. The van der Waals surface area contributed by atoms with E-state index >= 15 is 0 Å². The molecule has 0 amide bonds. The van der Waals surface area contributed by atoms with Crippen LogP contribution in [0.25, 0.3) is 22.0 Å². The third-order valence-corrected chi connectivity index (χ3v) is 14.3. The van der Waals surface area contributed by atoms with Crippen molar-refractivity contribution in [3.05, 3.63) is 119 Å². The Labute approximate surface area is 272 Å². The van der Waals surface area contributed by atoms with E-state index in [2.05, 4.69) is 97.7 Å². The lowest BCUT2D eigenvalue weighted by Gasteiger charge is -2.43. The van der Waals surface area contributed by atoms with Gasteiger partial charge in [-0.2, -0.15) is 0 Å². The summed E-state index contributed by atoms with van der Waals surface area (Å²) >= 11 is 13.5. The van der Waals surface area contributed by atoms with Crippen molar-refractivity contribution in [1.82, 2.24) is 10.3 Å². The Balaban J connectivity index is 1.52. The van der Waals surface area contributed by atoms with Crippen molar-refractivity contribution in [1.29, 1.82) is 0 Å². The molecule has 1 aliphatic heterocycles. The van der Waals surface area contributed by atoms with E-state index in [1.165, 1.54) is 10.4 Å². The topological polar surface area (TPSA) is 37.4 Å². The minimum absolute atomic E-state index is 0.113. The van der Waals surface area contributed by atoms with Crippen LogP contribution in [-0.4, -0.2) is 46.1 Å². The van der Waals surface area contributed by atoms with Crippen LogP contribution < -0.4 is 20.6 Å². The Morgan fingerprint density at radius 2 is 1.43 bits per heavy atom. The molecule has 5 aromatic rings. The van der Waals surface area contributed by atoms with Crippen LogP contribution >= 0.6 is 23.2 Å². The molecule has 0 atom stereocenters. The SMILES string of the molecule is CC(C)(C)[Si](OCCc1c(N2CCNCC2)nc2ccc(Cl)cc2c1-c1ccccc1Cl)(c1ccccc1)c1ccccc1. The van der Waals surface area contributed by atoms with Gasteiger partial charge in [0.1, 0.15) is 5.82 Å². The molecule has 0 radical (unpaired) electrons. The number of halogens is 2. The van der Waals surface area contributed by atoms with Crippen LogP contribution in [0.5, 0.6) is 0 Å². The number of piperazine rings is 1. The van der Waals surface area contributed by atoms with Gasteiger partial charge in [0.25, 0.3) is 8.32 Å². The summed E-state index contributed by atoms with van der Waals surface area (Å²) in [7, 11) is -2.72. The summed E-state index contributed by atoms with van der Waals surface area (Å²) in [5.41, 5.74) is 4.13. The van der Waals surface area contributed by atoms with Crippen molar-refractivity contribution < 1.29 is 4.43 Å². The third-order valence-electron chi connectivity index (χ3n) is 8.67. The monoisotopic (exact) mass is 639 g/mol. The lowest BCUT2D eigenvalue weighted by molar-refractivity contribution is 0.302. The molecule has 2 heterocycles. The summed E-state index contributed by atoms with van der Waals surface area (Å²) in [5, 5.41) is 8.32. The lowest BCUT2D eigenvalue weighted by Crippen LogP contribution is -2.66. The van der Waals surface area contributed by atoms with Gasteiger partial charge in [-0.3, -0.25) is 0 Å². The fraction of sp³-hybridized carbons (Fsp3) is 0.270. The van der Waals surface area contributed by atoms with Crippen molar-refractivity contribution in [2.45, 2.75) is 32.2 Å². The Kier molecular flexibility index (Phi) is 9.13. The number of hydrogen-bond donors (Lipinski definition) is 1. The van der Waals surface area contributed by atoms with Gasteiger partial charge in [-0.05, 0) is 51.7 Å². The Bertz CT molecular complexity index is 1700. The predicted octanol–water partition coefficient (Wildman–Crippen LogP) is 7.74. The average Bonchev–Trinajstić information content (AvgIpc) is 3.04. The van der Waals surface area contributed by atoms with E-state index in [0.29, 0.717) is 23.1 Å². The molecular formula is C37H39Cl2N3OSi. The van der Waals surface area contributed by atoms with Crippen molar-refractivity contribution in [2.75, 3.05) is 37.7 Å².